The van der Waals surface area contributed by atoms with Crippen LogP contribution in [0.2, 0.25) is 0 Å². The number of likely N-dealkylation sites (tertiary alicyclic amines) is 1. The second kappa shape index (κ2) is 5.99. The van der Waals surface area contributed by atoms with Crippen molar-refractivity contribution in [2.24, 2.45) is 0 Å². The number of β-amino-alcohol motifs (C(OH)–C–C–N with tert-alkyl or cyclic N) is 1. The number of hydrogen-bond acceptors (Lipinski definition) is 3. The van der Waals surface area contributed by atoms with E-state index < -0.39 is 5.60 Å². The van der Waals surface area contributed by atoms with Gasteiger partial charge in [-0.05, 0) is 46.7 Å². The summed E-state index contributed by atoms with van der Waals surface area (Å²) in [4.78, 5) is 2.47. The van der Waals surface area contributed by atoms with E-state index in [-0.39, 0.29) is 0 Å². The van der Waals surface area contributed by atoms with E-state index in [1.807, 2.05) is 14.0 Å². The zero-order valence-corrected chi connectivity index (χ0v) is 11.3. The molecular weight excluding hydrogens is 200 g/mol. The maximum Gasteiger partial charge on any atom is 0.0743 e. The van der Waals surface area contributed by atoms with Crippen molar-refractivity contribution in [3.05, 3.63) is 0 Å². The highest BCUT2D eigenvalue weighted by Gasteiger charge is 2.31. The molecule has 1 heterocycles. The predicted molar refractivity (Wildman–Crippen MR) is 68.6 cm³/mol. The smallest absolute Gasteiger partial charge is 0.0743 e. The molecule has 96 valence electrons. The maximum absolute atomic E-state index is 10.2. The van der Waals surface area contributed by atoms with Crippen molar-refractivity contribution >= 4 is 0 Å². The van der Waals surface area contributed by atoms with E-state index in [0.29, 0.717) is 12.1 Å². The van der Waals surface area contributed by atoms with Gasteiger partial charge in [-0.2, -0.15) is 0 Å². The Labute approximate surface area is 100 Å². The molecule has 16 heavy (non-hydrogen) atoms. The number of nitrogens with one attached hydrogen (secondary N) is 1. The van der Waals surface area contributed by atoms with Gasteiger partial charge < -0.3 is 10.4 Å². The Kier molecular flexibility index (Phi) is 5.22. The minimum Gasteiger partial charge on any atom is -0.389 e. The van der Waals surface area contributed by atoms with E-state index in [1.165, 1.54) is 19.3 Å². The number of piperidine rings is 1. The van der Waals surface area contributed by atoms with Crippen molar-refractivity contribution < 1.29 is 5.11 Å². The van der Waals surface area contributed by atoms with Crippen LogP contribution < -0.4 is 5.32 Å². The van der Waals surface area contributed by atoms with Crippen LogP contribution in [-0.2, 0) is 0 Å². The van der Waals surface area contributed by atoms with Gasteiger partial charge in [0.15, 0.2) is 0 Å². The van der Waals surface area contributed by atoms with Crippen molar-refractivity contribution in [1.82, 2.24) is 10.2 Å². The van der Waals surface area contributed by atoms with Gasteiger partial charge in [0.1, 0.15) is 0 Å². The average molecular weight is 228 g/mol. The highest BCUT2D eigenvalue weighted by Crippen LogP contribution is 2.23. The summed E-state index contributed by atoms with van der Waals surface area (Å²) in [7, 11) is 2.02. The van der Waals surface area contributed by atoms with Crippen molar-refractivity contribution in [3.8, 4) is 0 Å². The molecule has 0 bridgehead atoms. The Morgan fingerprint density at radius 2 is 2.19 bits per heavy atom. The fourth-order valence-corrected chi connectivity index (χ4v) is 2.52. The monoisotopic (exact) mass is 228 g/mol. The molecule has 0 aromatic heterocycles. The van der Waals surface area contributed by atoms with Crippen LogP contribution in [0.25, 0.3) is 0 Å². The molecule has 3 unspecified atom stereocenters. The quantitative estimate of drug-likeness (QED) is 0.750. The van der Waals surface area contributed by atoms with E-state index >= 15 is 0 Å². The first-order chi connectivity index (χ1) is 7.50. The van der Waals surface area contributed by atoms with Crippen LogP contribution >= 0.6 is 0 Å². The molecule has 0 aliphatic carbocycles. The number of nitrogens with zero attached hydrogens (tertiary/aromatic N) is 1. The zero-order chi connectivity index (χ0) is 12.2. The van der Waals surface area contributed by atoms with Crippen molar-refractivity contribution in [2.45, 2.75) is 64.1 Å². The summed E-state index contributed by atoms with van der Waals surface area (Å²) < 4.78 is 0. The van der Waals surface area contributed by atoms with Crippen molar-refractivity contribution in [3.63, 3.8) is 0 Å². The Hall–Kier alpha value is -0.120. The van der Waals surface area contributed by atoms with E-state index in [9.17, 15) is 5.11 Å². The standard InChI is InChI=1S/C13H28N2O/c1-5-13(3,16)10-15-9-7-6-8-12(15)11(2)14-4/h11-12,14,16H,5-10H2,1-4H3. The van der Waals surface area contributed by atoms with E-state index in [0.717, 1.165) is 19.5 Å². The Balaban J connectivity index is 2.60. The summed E-state index contributed by atoms with van der Waals surface area (Å²) >= 11 is 0. The number of rotatable bonds is 5. The number of hydrogen-bond donors (Lipinski definition) is 2. The lowest BCUT2D eigenvalue weighted by atomic mass is 9.93. The molecule has 0 amide bonds. The van der Waals surface area contributed by atoms with Gasteiger partial charge >= 0.3 is 0 Å². The molecule has 1 fully saturated rings. The number of likely N-dealkylation sites (N-methyl/N-ethyl adjacent to an activating group) is 1. The summed E-state index contributed by atoms with van der Waals surface area (Å²) in [6.45, 7) is 8.18. The highest BCUT2D eigenvalue weighted by molar-refractivity contribution is 4.88. The lowest BCUT2D eigenvalue weighted by Crippen LogP contribution is -2.54. The van der Waals surface area contributed by atoms with Gasteiger partial charge in [-0.1, -0.05) is 13.3 Å². The van der Waals surface area contributed by atoms with Gasteiger partial charge in [0.05, 0.1) is 5.60 Å². The van der Waals surface area contributed by atoms with Crippen LogP contribution in [0.4, 0.5) is 0 Å². The Bertz CT molecular complexity index is 206. The van der Waals surface area contributed by atoms with Gasteiger partial charge in [0, 0.05) is 18.6 Å². The maximum atomic E-state index is 10.2. The zero-order valence-electron chi connectivity index (χ0n) is 11.3. The van der Waals surface area contributed by atoms with E-state index in [4.69, 9.17) is 0 Å². The molecule has 3 atom stereocenters. The molecule has 0 aromatic rings. The van der Waals surface area contributed by atoms with Gasteiger partial charge in [0.2, 0.25) is 0 Å². The molecule has 2 N–H and O–H groups in total. The minimum atomic E-state index is -0.539. The van der Waals surface area contributed by atoms with Crippen LogP contribution in [-0.4, -0.2) is 47.8 Å². The fourth-order valence-electron chi connectivity index (χ4n) is 2.52. The van der Waals surface area contributed by atoms with Crippen LogP contribution in [0.15, 0.2) is 0 Å². The molecule has 0 aromatic carbocycles. The van der Waals surface area contributed by atoms with E-state index in [2.05, 4.69) is 24.1 Å². The number of aliphatic hydroxyl groups is 1. The Morgan fingerprint density at radius 3 is 2.75 bits per heavy atom. The molecule has 3 nitrogen and oxygen atoms in total. The molecule has 1 aliphatic rings. The summed E-state index contributed by atoms with van der Waals surface area (Å²) in [6.07, 6.45) is 4.67. The molecule has 0 radical (unpaired) electrons. The lowest BCUT2D eigenvalue weighted by molar-refractivity contribution is -0.0114. The topological polar surface area (TPSA) is 35.5 Å². The second-order valence-electron chi connectivity index (χ2n) is 5.46. The van der Waals surface area contributed by atoms with Crippen LogP contribution in [0.5, 0.6) is 0 Å². The molecule has 1 rings (SSSR count). The summed E-state index contributed by atoms with van der Waals surface area (Å²) in [5.41, 5.74) is -0.539. The van der Waals surface area contributed by atoms with Crippen LogP contribution in [0.3, 0.4) is 0 Å². The van der Waals surface area contributed by atoms with Crippen LogP contribution in [0.1, 0.15) is 46.5 Å². The average Bonchev–Trinajstić information content (AvgIpc) is 2.28. The normalized spacial score (nSPS) is 28.7. The molecule has 0 spiro atoms. The van der Waals surface area contributed by atoms with Gasteiger partial charge in [0.25, 0.3) is 0 Å². The third kappa shape index (κ3) is 3.72. The van der Waals surface area contributed by atoms with Crippen molar-refractivity contribution in [2.75, 3.05) is 20.1 Å². The van der Waals surface area contributed by atoms with E-state index in [1.54, 1.807) is 0 Å². The largest absolute Gasteiger partial charge is 0.389 e. The molecule has 3 heteroatoms. The first-order valence-corrected chi connectivity index (χ1v) is 6.64. The van der Waals surface area contributed by atoms with Gasteiger partial charge in [-0.3, -0.25) is 4.90 Å². The first-order valence-electron chi connectivity index (χ1n) is 6.64. The summed E-state index contributed by atoms with van der Waals surface area (Å²) in [6, 6.07) is 1.09. The minimum absolute atomic E-state index is 0.507. The third-order valence-corrected chi connectivity index (χ3v) is 4.00. The summed E-state index contributed by atoms with van der Waals surface area (Å²) in [5.74, 6) is 0. The predicted octanol–water partition coefficient (Wildman–Crippen LogP) is 1.61. The summed E-state index contributed by atoms with van der Waals surface area (Å²) in [5, 5.41) is 13.5. The fraction of sp³-hybridized carbons (Fsp3) is 1.00. The lowest BCUT2D eigenvalue weighted by Gasteiger charge is -2.42. The second-order valence-corrected chi connectivity index (χ2v) is 5.46. The van der Waals surface area contributed by atoms with Gasteiger partial charge in [-0.15, -0.1) is 0 Å². The van der Waals surface area contributed by atoms with Crippen molar-refractivity contribution in [1.29, 1.82) is 0 Å². The molecule has 0 saturated carbocycles. The van der Waals surface area contributed by atoms with Gasteiger partial charge in [-0.25, -0.2) is 0 Å². The molecular formula is C13H28N2O. The third-order valence-electron chi connectivity index (χ3n) is 4.00. The van der Waals surface area contributed by atoms with Crippen LogP contribution in [0, 0.1) is 0 Å². The molecule has 1 saturated heterocycles. The SMILES string of the molecule is CCC(C)(O)CN1CCCCC1C(C)NC. The highest BCUT2D eigenvalue weighted by atomic mass is 16.3. The first kappa shape index (κ1) is 13.9. The Morgan fingerprint density at radius 1 is 1.50 bits per heavy atom. The molecule has 1 aliphatic heterocycles.